The van der Waals surface area contributed by atoms with Crippen molar-refractivity contribution < 1.29 is 63.9 Å². The van der Waals surface area contributed by atoms with Crippen molar-refractivity contribution in [2.75, 3.05) is 19.8 Å². The van der Waals surface area contributed by atoms with Crippen LogP contribution in [0.1, 0.15) is 119 Å². The molecule has 328 valence electrons. The molecule has 7 rings (SSSR count). The summed E-state index contributed by atoms with van der Waals surface area (Å²) in [5.41, 5.74) is 1.47. The molecule has 2 heterocycles. The van der Waals surface area contributed by atoms with Crippen molar-refractivity contribution in [3.8, 4) is 0 Å². The lowest BCUT2D eigenvalue weighted by molar-refractivity contribution is -0.316. The van der Waals surface area contributed by atoms with E-state index in [1.54, 1.807) is 13.0 Å². The normalized spacial score (nSPS) is 47.7. The summed E-state index contributed by atoms with van der Waals surface area (Å²) in [5.74, 6) is -0.653. The van der Waals surface area contributed by atoms with Gasteiger partial charge < -0.3 is 54.3 Å². The third kappa shape index (κ3) is 7.76. The van der Waals surface area contributed by atoms with Gasteiger partial charge in [-0.3, -0.25) is 0 Å². The summed E-state index contributed by atoms with van der Waals surface area (Å²) in [5, 5.41) is 63.3. The Hall–Kier alpha value is -1.94. The molecule has 13 nitrogen and oxygen atoms in total. The van der Waals surface area contributed by atoms with E-state index in [2.05, 4.69) is 33.8 Å². The number of carbonyl (C=O) groups excluding carboxylic acids is 1. The Morgan fingerprint density at radius 3 is 2.28 bits per heavy atom. The molecular formula is C45H70O13. The first kappa shape index (κ1) is 44.1. The molecule has 7 aliphatic rings. The van der Waals surface area contributed by atoms with Crippen LogP contribution in [-0.2, 0) is 33.3 Å². The van der Waals surface area contributed by atoms with Crippen LogP contribution in [0.3, 0.4) is 0 Å². The van der Waals surface area contributed by atoms with Gasteiger partial charge in [0, 0.05) is 54.8 Å². The minimum Gasteiger partial charge on any atom is -0.479 e. The van der Waals surface area contributed by atoms with Crippen LogP contribution in [0, 0.1) is 51.2 Å². The number of rotatable bonds is 10. The number of ether oxygens (including phenoxy) is 5. The molecule has 0 aromatic heterocycles. The van der Waals surface area contributed by atoms with Crippen molar-refractivity contribution in [1.29, 1.82) is 0 Å². The summed E-state index contributed by atoms with van der Waals surface area (Å²) in [6.07, 6.45) is 4.06. The van der Waals surface area contributed by atoms with Crippen molar-refractivity contribution in [3.63, 3.8) is 0 Å². The Morgan fingerprint density at radius 2 is 1.60 bits per heavy atom. The largest absolute Gasteiger partial charge is 0.479 e. The van der Waals surface area contributed by atoms with Crippen LogP contribution in [0.15, 0.2) is 23.3 Å². The number of aliphatic hydroxyl groups excluding tert-OH is 5. The number of aliphatic carboxylic acids is 1. The van der Waals surface area contributed by atoms with Gasteiger partial charge in [0.2, 0.25) is 0 Å². The number of aliphatic hydroxyl groups is 5. The van der Waals surface area contributed by atoms with Gasteiger partial charge in [0.1, 0.15) is 12.2 Å². The van der Waals surface area contributed by atoms with Crippen molar-refractivity contribution in [3.05, 3.63) is 23.3 Å². The lowest BCUT2D eigenvalue weighted by Crippen LogP contribution is -2.62. The molecule has 0 radical (unpaired) electrons. The van der Waals surface area contributed by atoms with E-state index in [0.29, 0.717) is 30.3 Å². The van der Waals surface area contributed by atoms with E-state index < -0.39 is 55.2 Å². The molecule has 2 aliphatic heterocycles. The van der Waals surface area contributed by atoms with Gasteiger partial charge in [-0.2, -0.15) is 0 Å². The molecule has 0 amide bonds. The predicted octanol–water partition coefficient (Wildman–Crippen LogP) is 4.65. The van der Waals surface area contributed by atoms with E-state index in [1.165, 1.54) is 5.57 Å². The van der Waals surface area contributed by atoms with Gasteiger partial charge in [0.05, 0.1) is 31.0 Å². The second-order valence-electron chi connectivity index (χ2n) is 20.4. The second kappa shape index (κ2) is 16.7. The number of carbonyl (C=O) groups is 2. The average molecular weight is 819 g/mol. The van der Waals surface area contributed by atoms with Gasteiger partial charge in [0.25, 0.3) is 0 Å². The van der Waals surface area contributed by atoms with E-state index in [4.69, 9.17) is 23.7 Å². The molecule has 17 atom stereocenters. The molecule has 4 unspecified atom stereocenters. The average Bonchev–Trinajstić information content (AvgIpc) is 3.18. The number of fused-ring (bicyclic) bond motifs is 7. The van der Waals surface area contributed by atoms with Gasteiger partial charge >= 0.3 is 11.9 Å². The Morgan fingerprint density at radius 1 is 0.879 bits per heavy atom. The third-order valence-corrected chi connectivity index (χ3v) is 16.8. The maximum Gasteiger partial charge on any atom is 0.335 e. The molecule has 0 spiro atoms. The van der Waals surface area contributed by atoms with E-state index in [1.807, 2.05) is 6.92 Å². The fraction of sp³-hybridized carbons (Fsp3) is 0.867. The summed E-state index contributed by atoms with van der Waals surface area (Å²) >= 11 is 0. The highest BCUT2D eigenvalue weighted by atomic mass is 16.7. The van der Waals surface area contributed by atoms with E-state index in [-0.39, 0.29) is 90.6 Å². The lowest BCUT2D eigenvalue weighted by Gasteiger charge is -2.67. The van der Waals surface area contributed by atoms with Crippen LogP contribution in [-0.4, -0.2) is 118 Å². The monoisotopic (exact) mass is 818 g/mol. The first-order chi connectivity index (χ1) is 27.4. The number of allylic oxidation sites excluding steroid dienone is 3. The standard InChI is InChI=1S/C45H70O13/c1-7-24(2)41(53)56-35-20-45(23-48)15-11-29-27(31(45)19-42(35,3)4)8-9-34-43(29,5)13-10-30-28(22-47)33(12-14-44(30,34)6)55-37-18-32(50)38(39(58-37)40(51)52)57-36-17-25(49)16-26(21-46)54-36/h7-8,25-26,28-39,46-50H,9-23H2,1-6H3,(H,51,52)/b24-7+/t25-,26-,28+,29?,30?,31?,32+,33-,34?,35+,36-,37+,38-,39-,43-,44-,45-/m0/s1. The Labute approximate surface area is 343 Å². The third-order valence-electron chi connectivity index (χ3n) is 16.8. The smallest absolute Gasteiger partial charge is 0.335 e. The summed E-state index contributed by atoms with van der Waals surface area (Å²) in [7, 11) is 0. The van der Waals surface area contributed by atoms with Crippen molar-refractivity contribution in [2.45, 2.75) is 174 Å². The molecule has 13 heteroatoms. The highest BCUT2D eigenvalue weighted by Crippen LogP contribution is 2.71. The minimum atomic E-state index is -1.55. The zero-order valence-electron chi connectivity index (χ0n) is 35.4. The first-order valence-corrected chi connectivity index (χ1v) is 22.0. The molecule has 0 aromatic carbocycles. The molecule has 5 aliphatic carbocycles. The maximum absolute atomic E-state index is 12.9. The Kier molecular flexibility index (Phi) is 12.7. The van der Waals surface area contributed by atoms with E-state index in [9.17, 15) is 40.2 Å². The summed E-state index contributed by atoms with van der Waals surface area (Å²) in [6.45, 7) is 12.6. The summed E-state index contributed by atoms with van der Waals surface area (Å²) in [4.78, 5) is 25.4. The fourth-order valence-corrected chi connectivity index (χ4v) is 13.4. The Bertz CT molecular complexity index is 1580. The zero-order chi connectivity index (χ0) is 41.9. The lowest BCUT2D eigenvalue weighted by atomic mass is 9.38. The van der Waals surface area contributed by atoms with Gasteiger partial charge in [-0.15, -0.1) is 0 Å². The Balaban J connectivity index is 1.05. The van der Waals surface area contributed by atoms with Crippen LogP contribution in [0.4, 0.5) is 0 Å². The highest BCUT2D eigenvalue weighted by molar-refractivity contribution is 5.87. The van der Waals surface area contributed by atoms with Crippen molar-refractivity contribution >= 4 is 11.9 Å². The van der Waals surface area contributed by atoms with Crippen LogP contribution in [0.5, 0.6) is 0 Å². The highest BCUT2D eigenvalue weighted by Gasteiger charge is 2.65. The number of carboxylic acids is 1. The number of carboxylic acid groups (broad SMARTS) is 1. The quantitative estimate of drug-likeness (QED) is 0.0771. The van der Waals surface area contributed by atoms with E-state index in [0.717, 1.165) is 44.9 Å². The predicted molar refractivity (Wildman–Crippen MR) is 211 cm³/mol. The molecule has 0 bridgehead atoms. The van der Waals surface area contributed by atoms with Gasteiger partial charge in [-0.1, -0.05) is 45.4 Å². The zero-order valence-corrected chi connectivity index (χ0v) is 35.4. The number of esters is 1. The molecule has 6 fully saturated rings. The van der Waals surface area contributed by atoms with E-state index >= 15 is 0 Å². The van der Waals surface area contributed by atoms with Crippen LogP contribution < -0.4 is 0 Å². The fourth-order valence-electron chi connectivity index (χ4n) is 13.4. The van der Waals surface area contributed by atoms with Gasteiger partial charge in [-0.25, -0.2) is 9.59 Å². The topological polar surface area (TPSA) is 202 Å². The minimum absolute atomic E-state index is 0.0361. The number of hydrogen-bond acceptors (Lipinski definition) is 12. The summed E-state index contributed by atoms with van der Waals surface area (Å²) < 4.78 is 30.2. The molecular weight excluding hydrogens is 748 g/mol. The number of hydrogen-bond donors (Lipinski definition) is 6. The van der Waals surface area contributed by atoms with Crippen molar-refractivity contribution in [2.24, 2.45) is 51.2 Å². The van der Waals surface area contributed by atoms with Crippen molar-refractivity contribution in [1.82, 2.24) is 0 Å². The molecule has 0 aromatic rings. The summed E-state index contributed by atoms with van der Waals surface area (Å²) in [6, 6.07) is 0. The van der Waals surface area contributed by atoms with Gasteiger partial charge in [-0.05, 0) is 106 Å². The van der Waals surface area contributed by atoms with Crippen LogP contribution in [0.2, 0.25) is 0 Å². The molecule has 2 saturated heterocycles. The first-order valence-electron chi connectivity index (χ1n) is 22.0. The van der Waals surface area contributed by atoms with Crippen LogP contribution in [0.25, 0.3) is 0 Å². The molecule has 6 N–H and O–H groups in total. The SMILES string of the molecule is C/C=C(\C)C(=O)O[C@@H]1C[C@]2(CO)CCC3C(=CCC4[C@@]3(C)CCC3[C@@H](CO)[C@@H](O[C@H]5C[C@@H](O)[C@H](O[C@H]6C[C@@H](O)C[C@@H](CO)O6)[C@@H](C(=O)O)O5)CC[C@@]34C)C2CC1(C)C. The maximum atomic E-state index is 12.9. The molecule has 58 heavy (non-hydrogen) atoms. The molecule has 4 saturated carbocycles. The van der Waals surface area contributed by atoms with Crippen LogP contribution >= 0.6 is 0 Å². The second-order valence-corrected chi connectivity index (χ2v) is 20.4. The van der Waals surface area contributed by atoms with Gasteiger partial charge in [0.15, 0.2) is 18.7 Å².